The highest BCUT2D eigenvalue weighted by Gasteiger charge is 2.20. The monoisotopic (exact) mass is 342 g/mol. The number of unbranched alkanes of at least 4 members (excludes halogenated alkanes) is 1. The molecule has 1 heterocycles. The molecule has 134 valence electrons. The molecule has 0 atom stereocenters. The number of hydrogen-bond donors (Lipinski definition) is 0. The smallest absolute Gasteiger partial charge is 0.334 e. The molecule has 0 aliphatic rings. The number of aromatic nitrogens is 2. The van der Waals surface area contributed by atoms with Crippen molar-refractivity contribution in [1.82, 2.24) is 10.1 Å². The molecule has 0 fully saturated rings. The van der Waals surface area contributed by atoms with Crippen molar-refractivity contribution in [2.24, 2.45) is 0 Å². The third-order valence-corrected chi connectivity index (χ3v) is 3.52. The maximum atomic E-state index is 12.0. The zero-order chi connectivity index (χ0) is 18.4. The lowest BCUT2D eigenvalue weighted by molar-refractivity contribution is -0.150. The molecule has 0 saturated heterocycles. The predicted molar refractivity (Wildman–Crippen MR) is 97.0 cm³/mol. The highest BCUT2D eigenvalue weighted by atomic mass is 16.6. The molecule has 0 saturated carbocycles. The molecular weight excluding hydrogens is 316 g/mol. The number of hydrogen-bond acceptors (Lipinski definition) is 5. The number of ether oxygens (including phenoxy) is 1. The first-order valence-electron chi connectivity index (χ1n) is 8.61. The average molecular weight is 342 g/mol. The molecule has 5 heteroatoms. The second-order valence-corrected chi connectivity index (χ2v) is 7.10. The van der Waals surface area contributed by atoms with E-state index in [0.29, 0.717) is 17.3 Å². The van der Waals surface area contributed by atoms with E-state index in [1.54, 1.807) is 0 Å². The van der Waals surface area contributed by atoms with Crippen LogP contribution in [-0.4, -0.2) is 21.7 Å². The minimum atomic E-state index is -0.557. The van der Waals surface area contributed by atoms with Gasteiger partial charge in [0.1, 0.15) is 5.60 Å². The normalized spacial score (nSPS) is 11.4. The van der Waals surface area contributed by atoms with Crippen LogP contribution in [-0.2, 0) is 22.4 Å². The second-order valence-electron chi connectivity index (χ2n) is 7.10. The first kappa shape index (κ1) is 18.9. The highest BCUT2D eigenvalue weighted by Crippen LogP contribution is 2.20. The van der Waals surface area contributed by atoms with Gasteiger partial charge >= 0.3 is 5.97 Å². The number of rotatable bonds is 7. The van der Waals surface area contributed by atoms with Crippen LogP contribution in [0.5, 0.6) is 0 Å². The molecule has 0 bridgehead atoms. The Morgan fingerprint density at radius 1 is 1.32 bits per heavy atom. The van der Waals surface area contributed by atoms with Crippen molar-refractivity contribution < 1.29 is 14.1 Å². The summed E-state index contributed by atoms with van der Waals surface area (Å²) in [6, 6.07) is 8.13. The van der Waals surface area contributed by atoms with Gasteiger partial charge in [0.2, 0.25) is 11.7 Å². The maximum Gasteiger partial charge on any atom is 0.334 e. The van der Waals surface area contributed by atoms with E-state index in [2.05, 4.69) is 35.8 Å². The molecule has 0 aliphatic heterocycles. The molecule has 1 aromatic heterocycles. The van der Waals surface area contributed by atoms with Crippen LogP contribution in [0.25, 0.3) is 11.4 Å². The number of aryl methyl sites for hydroxylation is 1. The lowest BCUT2D eigenvalue weighted by Gasteiger charge is -2.19. The summed E-state index contributed by atoms with van der Waals surface area (Å²) in [7, 11) is 0. The van der Waals surface area contributed by atoms with E-state index in [9.17, 15) is 4.79 Å². The number of nitrogens with zero attached hydrogens (tertiary/aromatic N) is 2. The van der Waals surface area contributed by atoms with Crippen molar-refractivity contribution in [2.45, 2.75) is 59.0 Å². The van der Waals surface area contributed by atoms with Gasteiger partial charge in [0, 0.05) is 11.1 Å². The van der Waals surface area contributed by atoms with Crippen LogP contribution in [0.3, 0.4) is 0 Å². The van der Waals surface area contributed by atoms with E-state index < -0.39 is 11.6 Å². The van der Waals surface area contributed by atoms with Gasteiger partial charge in [-0.3, -0.25) is 0 Å². The van der Waals surface area contributed by atoms with Gasteiger partial charge < -0.3 is 9.26 Å². The third-order valence-electron chi connectivity index (χ3n) is 3.52. The SMILES string of the molecule is C=C(Cc1nc(-c2cccc(CCCC)c2)no1)C(=O)OC(C)(C)C. The average Bonchev–Trinajstić information content (AvgIpc) is 3.00. The molecular formula is C20H26N2O3. The Labute approximate surface area is 149 Å². The van der Waals surface area contributed by atoms with E-state index in [4.69, 9.17) is 9.26 Å². The van der Waals surface area contributed by atoms with Crippen molar-refractivity contribution in [3.05, 3.63) is 47.9 Å². The second kappa shape index (κ2) is 8.10. The summed E-state index contributed by atoms with van der Waals surface area (Å²) in [6.45, 7) is 11.4. The lowest BCUT2D eigenvalue weighted by atomic mass is 10.1. The molecule has 0 unspecified atom stereocenters. The Morgan fingerprint density at radius 2 is 2.08 bits per heavy atom. The zero-order valence-corrected chi connectivity index (χ0v) is 15.5. The van der Waals surface area contributed by atoms with Gasteiger partial charge in [0.15, 0.2) is 0 Å². The summed E-state index contributed by atoms with van der Waals surface area (Å²) in [4.78, 5) is 16.3. The predicted octanol–water partition coefficient (Wildman–Crippen LogP) is 4.52. The number of carbonyl (C=O) groups is 1. The fourth-order valence-corrected chi connectivity index (χ4v) is 2.30. The topological polar surface area (TPSA) is 65.2 Å². The highest BCUT2D eigenvalue weighted by molar-refractivity contribution is 5.88. The Bertz CT molecular complexity index is 741. The molecule has 0 spiro atoms. The van der Waals surface area contributed by atoms with Crippen molar-refractivity contribution in [2.75, 3.05) is 0 Å². The summed E-state index contributed by atoms with van der Waals surface area (Å²) in [5.74, 6) is 0.420. The molecule has 1 aromatic carbocycles. The van der Waals surface area contributed by atoms with Crippen molar-refractivity contribution in [3.8, 4) is 11.4 Å². The van der Waals surface area contributed by atoms with Gasteiger partial charge in [0.05, 0.1) is 6.42 Å². The van der Waals surface area contributed by atoms with Crippen LogP contribution >= 0.6 is 0 Å². The Morgan fingerprint density at radius 3 is 2.76 bits per heavy atom. The van der Waals surface area contributed by atoms with E-state index in [-0.39, 0.29) is 6.42 Å². The van der Waals surface area contributed by atoms with Gasteiger partial charge in [-0.25, -0.2) is 4.79 Å². The number of benzene rings is 1. The zero-order valence-electron chi connectivity index (χ0n) is 15.5. The van der Waals surface area contributed by atoms with Gasteiger partial charge in [-0.1, -0.05) is 43.3 Å². The molecule has 0 N–H and O–H groups in total. The van der Waals surface area contributed by atoms with E-state index in [1.807, 2.05) is 32.9 Å². The summed E-state index contributed by atoms with van der Waals surface area (Å²) in [6.07, 6.45) is 3.52. The van der Waals surface area contributed by atoms with Crippen LogP contribution in [0.2, 0.25) is 0 Å². The molecule has 0 radical (unpaired) electrons. The molecule has 0 aliphatic carbocycles. The number of carbonyl (C=O) groups excluding carboxylic acids is 1. The summed E-state index contributed by atoms with van der Waals surface area (Å²) < 4.78 is 10.5. The minimum absolute atomic E-state index is 0.178. The molecule has 5 nitrogen and oxygen atoms in total. The van der Waals surface area contributed by atoms with Crippen molar-refractivity contribution >= 4 is 5.97 Å². The largest absolute Gasteiger partial charge is 0.457 e. The molecule has 25 heavy (non-hydrogen) atoms. The molecule has 2 rings (SSSR count). The quantitative estimate of drug-likeness (QED) is 0.547. The van der Waals surface area contributed by atoms with Crippen LogP contribution in [0.1, 0.15) is 52.0 Å². The third kappa shape index (κ3) is 5.85. The molecule has 2 aromatic rings. The fraction of sp³-hybridized carbons (Fsp3) is 0.450. The fourth-order valence-electron chi connectivity index (χ4n) is 2.30. The van der Waals surface area contributed by atoms with Gasteiger partial charge in [-0.2, -0.15) is 4.98 Å². The standard InChI is InChI=1S/C20H26N2O3/c1-6-7-9-15-10-8-11-16(13-15)18-21-17(25-22-18)12-14(2)19(23)24-20(3,4)5/h8,10-11,13H,2,6-7,9,12H2,1,3-5H3. The van der Waals surface area contributed by atoms with Crippen LogP contribution in [0.15, 0.2) is 40.9 Å². The Kier molecular flexibility index (Phi) is 6.12. The first-order valence-corrected chi connectivity index (χ1v) is 8.61. The van der Waals surface area contributed by atoms with Crippen molar-refractivity contribution in [3.63, 3.8) is 0 Å². The summed E-state index contributed by atoms with van der Waals surface area (Å²) in [5, 5.41) is 4.02. The number of esters is 1. The Hall–Kier alpha value is -2.43. The van der Waals surface area contributed by atoms with Crippen LogP contribution < -0.4 is 0 Å². The minimum Gasteiger partial charge on any atom is -0.457 e. The van der Waals surface area contributed by atoms with Gasteiger partial charge in [0.25, 0.3) is 0 Å². The molecule has 0 amide bonds. The van der Waals surface area contributed by atoms with Crippen molar-refractivity contribution in [1.29, 1.82) is 0 Å². The summed E-state index contributed by atoms with van der Waals surface area (Å²) >= 11 is 0. The van der Waals surface area contributed by atoms with E-state index >= 15 is 0 Å². The summed E-state index contributed by atoms with van der Waals surface area (Å²) in [5.41, 5.74) is 1.90. The lowest BCUT2D eigenvalue weighted by Crippen LogP contribution is -2.25. The van der Waals surface area contributed by atoms with E-state index in [0.717, 1.165) is 24.8 Å². The van der Waals surface area contributed by atoms with Gasteiger partial charge in [-0.15, -0.1) is 0 Å². The van der Waals surface area contributed by atoms with Gasteiger partial charge in [-0.05, 0) is 45.2 Å². The van der Waals surface area contributed by atoms with E-state index in [1.165, 1.54) is 5.56 Å². The van der Waals surface area contributed by atoms with Crippen LogP contribution in [0.4, 0.5) is 0 Å². The maximum absolute atomic E-state index is 12.0. The first-order chi connectivity index (χ1) is 11.8. The Balaban J connectivity index is 2.05. The van der Waals surface area contributed by atoms with Crippen LogP contribution in [0, 0.1) is 0 Å².